The van der Waals surface area contributed by atoms with Crippen LogP contribution in [0.3, 0.4) is 0 Å². The Morgan fingerprint density at radius 3 is 2.86 bits per heavy atom. The monoisotopic (exact) mass is 358 g/mol. The SMILES string of the molecule is COC(=O)C1CN(c2ccc(Br)cc2[N+](=O)[O-])C[C@@H](C)O1. The highest BCUT2D eigenvalue weighted by Crippen LogP contribution is 2.33. The number of rotatable bonds is 3. The van der Waals surface area contributed by atoms with Crippen molar-refractivity contribution in [2.75, 3.05) is 25.1 Å². The maximum absolute atomic E-state index is 11.6. The Bertz CT molecular complexity index is 565. The summed E-state index contributed by atoms with van der Waals surface area (Å²) in [5, 5.41) is 11.2. The third kappa shape index (κ3) is 3.51. The highest BCUT2D eigenvalue weighted by atomic mass is 79.9. The molecule has 0 amide bonds. The van der Waals surface area contributed by atoms with E-state index in [-0.39, 0.29) is 18.3 Å². The average Bonchev–Trinajstić information content (AvgIpc) is 2.45. The lowest BCUT2D eigenvalue weighted by Crippen LogP contribution is -2.50. The molecule has 0 N–H and O–H groups in total. The molecule has 0 saturated carbocycles. The number of esters is 1. The number of nitrogens with zero attached hydrogens (tertiary/aromatic N) is 2. The summed E-state index contributed by atoms with van der Waals surface area (Å²) in [4.78, 5) is 24.2. The second-order valence-corrected chi connectivity index (χ2v) is 5.67. The summed E-state index contributed by atoms with van der Waals surface area (Å²) in [6.45, 7) is 2.50. The zero-order chi connectivity index (χ0) is 15.6. The number of anilines is 1. The van der Waals surface area contributed by atoms with Crippen LogP contribution < -0.4 is 4.90 Å². The van der Waals surface area contributed by atoms with E-state index < -0.39 is 17.0 Å². The third-order valence-corrected chi connectivity index (χ3v) is 3.69. The Morgan fingerprint density at radius 1 is 1.52 bits per heavy atom. The Morgan fingerprint density at radius 2 is 2.24 bits per heavy atom. The summed E-state index contributed by atoms with van der Waals surface area (Å²) in [6, 6.07) is 4.84. The van der Waals surface area contributed by atoms with Crippen LogP contribution in [0.5, 0.6) is 0 Å². The lowest BCUT2D eigenvalue weighted by atomic mass is 10.1. The number of nitro groups is 1. The molecule has 0 radical (unpaired) electrons. The molecule has 1 saturated heterocycles. The van der Waals surface area contributed by atoms with Crippen molar-refractivity contribution in [1.82, 2.24) is 0 Å². The van der Waals surface area contributed by atoms with Crippen LogP contribution in [0, 0.1) is 10.1 Å². The van der Waals surface area contributed by atoms with E-state index in [1.165, 1.54) is 13.2 Å². The van der Waals surface area contributed by atoms with Gasteiger partial charge in [-0.3, -0.25) is 10.1 Å². The minimum atomic E-state index is -0.748. The van der Waals surface area contributed by atoms with E-state index >= 15 is 0 Å². The maximum atomic E-state index is 11.6. The number of methoxy groups -OCH3 is 1. The second kappa shape index (κ2) is 6.40. The van der Waals surface area contributed by atoms with Gasteiger partial charge in [0.15, 0.2) is 6.10 Å². The van der Waals surface area contributed by atoms with Crippen molar-refractivity contribution < 1.29 is 19.2 Å². The molecule has 0 spiro atoms. The lowest BCUT2D eigenvalue weighted by Gasteiger charge is -2.36. The predicted molar refractivity (Wildman–Crippen MR) is 79.4 cm³/mol. The number of ether oxygens (including phenoxy) is 2. The van der Waals surface area contributed by atoms with Gasteiger partial charge in [0.05, 0.1) is 24.7 Å². The van der Waals surface area contributed by atoms with Crippen LogP contribution in [0.15, 0.2) is 22.7 Å². The fourth-order valence-electron chi connectivity index (χ4n) is 2.32. The van der Waals surface area contributed by atoms with E-state index in [9.17, 15) is 14.9 Å². The van der Waals surface area contributed by atoms with Crippen molar-refractivity contribution >= 4 is 33.3 Å². The highest BCUT2D eigenvalue weighted by Gasteiger charge is 2.33. The summed E-state index contributed by atoms with van der Waals surface area (Å²) in [5.41, 5.74) is 0.453. The molecule has 1 aliphatic rings. The van der Waals surface area contributed by atoms with Crippen molar-refractivity contribution in [3.8, 4) is 0 Å². The molecule has 1 aromatic carbocycles. The Kier molecular flexibility index (Phi) is 4.79. The molecule has 1 unspecified atom stereocenters. The first-order valence-electron chi connectivity index (χ1n) is 6.34. The van der Waals surface area contributed by atoms with Crippen LogP contribution in [0.4, 0.5) is 11.4 Å². The first kappa shape index (κ1) is 15.7. The van der Waals surface area contributed by atoms with Gasteiger partial charge in [0, 0.05) is 17.1 Å². The number of carbonyl (C=O) groups is 1. The number of carbonyl (C=O) groups excluding carboxylic acids is 1. The predicted octanol–water partition coefficient (Wildman–Crippen LogP) is 2.12. The average molecular weight is 359 g/mol. The fraction of sp³-hybridized carbons (Fsp3) is 0.462. The van der Waals surface area contributed by atoms with E-state index in [2.05, 4.69) is 20.7 Å². The van der Waals surface area contributed by atoms with Crippen LogP contribution in [0.2, 0.25) is 0 Å². The van der Waals surface area contributed by atoms with E-state index in [1.807, 2.05) is 6.92 Å². The minimum absolute atomic E-state index is 0.0120. The number of morpholine rings is 1. The first-order valence-corrected chi connectivity index (χ1v) is 7.14. The molecule has 1 heterocycles. The Hall–Kier alpha value is -1.67. The smallest absolute Gasteiger partial charge is 0.336 e. The molecule has 1 aliphatic heterocycles. The Labute approximate surface area is 130 Å². The molecule has 21 heavy (non-hydrogen) atoms. The fourth-order valence-corrected chi connectivity index (χ4v) is 2.67. The molecular formula is C13H15BrN2O5. The largest absolute Gasteiger partial charge is 0.467 e. The van der Waals surface area contributed by atoms with Gasteiger partial charge < -0.3 is 14.4 Å². The van der Waals surface area contributed by atoms with Gasteiger partial charge in [0.1, 0.15) is 5.69 Å². The zero-order valence-electron chi connectivity index (χ0n) is 11.6. The molecule has 0 aliphatic carbocycles. The summed E-state index contributed by atoms with van der Waals surface area (Å²) in [5.74, 6) is -0.480. The van der Waals surface area contributed by atoms with Gasteiger partial charge in [-0.05, 0) is 19.1 Å². The summed E-state index contributed by atoms with van der Waals surface area (Å²) < 4.78 is 10.8. The van der Waals surface area contributed by atoms with Gasteiger partial charge in [0.25, 0.3) is 5.69 Å². The van der Waals surface area contributed by atoms with Crippen LogP contribution in [0.25, 0.3) is 0 Å². The van der Waals surface area contributed by atoms with Gasteiger partial charge in [-0.1, -0.05) is 15.9 Å². The minimum Gasteiger partial charge on any atom is -0.467 e. The number of nitro benzene ring substituents is 1. The second-order valence-electron chi connectivity index (χ2n) is 4.75. The van der Waals surface area contributed by atoms with Crippen molar-refractivity contribution in [3.05, 3.63) is 32.8 Å². The molecule has 7 nitrogen and oxygen atoms in total. The van der Waals surface area contributed by atoms with E-state index in [1.54, 1.807) is 17.0 Å². The topological polar surface area (TPSA) is 81.9 Å². The van der Waals surface area contributed by atoms with Crippen LogP contribution in [-0.2, 0) is 14.3 Å². The number of benzene rings is 1. The van der Waals surface area contributed by atoms with E-state index in [0.29, 0.717) is 16.7 Å². The molecule has 8 heteroatoms. The van der Waals surface area contributed by atoms with Gasteiger partial charge >= 0.3 is 5.97 Å². The molecule has 0 aromatic heterocycles. The highest BCUT2D eigenvalue weighted by molar-refractivity contribution is 9.10. The van der Waals surface area contributed by atoms with Crippen LogP contribution in [0.1, 0.15) is 6.92 Å². The van der Waals surface area contributed by atoms with Gasteiger partial charge in [-0.15, -0.1) is 0 Å². The number of halogens is 1. The van der Waals surface area contributed by atoms with Crippen molar-refractivity contribution in [2.45, 2.75) is 19.1 Å². The lowest BCUT2D eigenvalue weighted by molar-refractivity contribution is -0.384. The normalized spacial score (nSPS) is 22.0. The van der Waals surface area contributed by atoms with Gasteiger partial charge in [0.2, 0.25) is 0 Å². The Balaban J connectivity index is 2.32. The van der Waals surface area contributed by atoms with Crippen molar-refractivity contribution in [1.29, 1.82) is 0 Å². The molecule has 1 fully saturated rings. The molecule has 1 aromatic rings. The molecule has 114 valence electrons. The van der Waals surface area contributed by atoms with E-state index in [4.69, 9.17) is 4.74 Å². The van der Waals surface area contributed by atoms with Crippen LogP contribution in [-0.4, -0.2) is 43.3 Å². The maximum Gasteiger partial charge on any atom is 0.336 e. The molecular weight excluding hydrogens is 344 g/mol. The van der Waals surface area contributed by atoms with Crippen LogP contribution >= 0.6 is 15.9 Å². The third-order valence-electron chi connectivity index (χ3n) is 3.20. The number of hydrogen-bond acceptors (Lipinski definition) is 6. The van der Waals surface area contributed by atoms with Gasteiger partial charge in [-0.25, -0.2) is 4.79 Å². The summed E-state index contributed by atoms with van der Waals surface area (Å²) in [7, 11) is 1.29. The van der Waals surface area contributed by atoms with E-state index in [0.717, 1.165) is 0 Å². The molecule has 2 atom stereocenters. The molecule has 2 rings (SSSR count). The standard InChI is InChI=1S/C13H15BrN2O5/c1-8-6-15(7-12(21-8)13(17)20-2)10-4-3-9(14)5-11(10)16(18)19/h3-5,8,12H,6-7H2,1-2H3/t8-,12?/m1/s1. The van der Waals surface area contributed by atoms with Crippen molar-refractivity contribution in [2.24, 2.45) is 0 Å². The molecule has 0 bridgehead atoms. The zero-order valence-corrected chi connectivity index (χ0v) is 13.2. The van der Waals surface area contributed by atoms with Crippen molar-refractivity contribution in [3.63, 3.8) is 0 Å². The quantitative estimate of drug-likeness (QED) is 0.467. The number of hydrogen-bond donors (Lipinski definition) is 0. The van der Waals surface area contributed by atoms with Gasteiger partial charge in [-0.2, -0.15) is 0 Å². The first-order chi connectivity index (χ1) is 9.92. The summed E-state index contributed by atoms with van der Waals surface area (Å²) in [6.07, 6.45) is -0.979. The summed E-state index contributed by atoms with van der Waals surface area (Å²) >= 11 is 3.23.